The molecule has 3 aliphatic rings. The monoisotopic (exact) mass is 594 g/mol. The molecule has 7 rings (SSSR count). The van der Waals surface area contributed by atoms with Crippen molar-refractivity contribution in [1.82, 2.24) is 9.80 Å². The Morgan fingerprint density at radius 3 is 2.23 bits per heavy atom. The summed E-state index contributed by atoms with van der Waals surface area (Å²) >= 11 is 0. The number of nitrogens with zero attached hydrogens (tertiary/aromatic N) is 2. The fourth-order valence-corrected chi connectivity index (χ4v) is 6.98. The Bertz CT molecular complexity index is 1740. The topological polar surface area (TPSA) is 83.9 Å². The van der Waals surface area contributed by atoms with E-state index in [-0.39, 0.29) is 23.6 Å². The number of benzene rings is 4. The molecule has 0 spiro atoms. The van der Waals surface area contributed by atoms with Gasteiger partial charge in [0, 0.05) is 30.7 Å². The lowest BCUT2D eigenvalue weighted by atomic mass is 9.87. The van der Waals surface area contributed by atoms with Gasteiger partial charge in [-0.3, -0.25) is 9.80 Å². The molecule has 6 bridgehead atoms. The SMILES string of the molecule is COc1cc2c3cc1Oc1c(O)c(OC)cc4c1C(Cc1cccc(c1)Oc1cc(ccc1O)CC3N(C)CC2)N(C)CC4. The van der Waals surface area contributed by atoms with Crippen LogP contribution in [0.2, 0.25) is 0 Å². The summed E-state index contributed by atoms with van der Waals surface area (Å²) in [5.74, 6) is 3.10. The van der Waals surface area contributed by atoms with E-state index in [2.05, 4.69) is 42.1 Å². The van der Waals surface area contributed by atoms with Crippen LogP contribution in [0.25, 0.3) is 0 Å². The highest BCUT2D eigenvalue weighted by molar-refractivity contribution is 5.63. The number of methoxy groups -OCH3 is 2. The molecule has 4 aromatic rings. The molecule has 8 heteroatoms. The summed E-state index contributed by atoms with van der Waals surface area (Å²) in [5.41, 5.74) is 6.47. The number of phenolic OH excluding ortho intramolecular Hbond substituents is 2. The first kappa shape index (κ1) is 28.4. The summed E-state index contributed by atoms with van der Waals surface area (Å²) < 4.78 is 24.6. The van der Waals surface area contributed by atoms with E-state index in [1.54, 1.807) is 20.3 Å². The molecule has 0 amide bonds. The summed E-state index contributed by atoms with van der Waals surface area (Å²) in [5, 5.41) is 22.3. The van der Waals surface area contributed by atoms with Gasteiger partial charge in [0.2, 0.25) is 5.75 Å². The van der Waals surface area contributed by atoms with Crippen molar-refractivity contribution in [2.45, 2.75) is 37.8 Å². The quantitative estimate of drug-likeness (QED) is 0.270. The normalized spacial score (nSPS) is 19.6. The van der Waals surface area contributed by atoms with E-state index >= 15 is 0 Å². The number of rotatable bonds is 2. The van der Waals surface area contributed by atoms with E-state index in [1.807, 2.05) is 36.4 Å². The van der Waals surface area contributed by atoms with Gasteiger partial charge in [-0.05, 0) is 110 Å². The third-order valence-electron chi connectivity index (χ3n) is 9.43. The van der Waals surface area contributed by atoms with Crippen molar-refractivity contribution in [3.63, 3.8) is 0 Å². The molecule has 3 aliphatic heterocycles. The molecule has 228 valence electrons. The standard InChI is InChI=1S/C36H38N2O6/c1-37-12-10-23-18-31(41-3)32-20-26(23)27(37)15-22-8-9-29(39)30(17-22)43-25-7-5-6-21(14-25)16-28-34-24(11-13-38(28)2)19-33(42-4)35(40)36(34)44-32/h5-9,14,17-20,27-28,39-40H,10-13,15-16H2,1-4H3. The molecule has 2 atom stereocenters. The highest BCUT2D eigenvalue weighted by Gasteiger charge is 2.34. The van der Waals surface area contributed by atoms with Gasteiger partial charge in [0.15, 0.2) is 34.5 Å². The zero-order valence-corrected chi connectivity index (χ0v) is 25.6. The number of phenols is 2. The van der Waals surface area contributed by atoms with E-state index in [0.29, 0.717) is 47.3 Å². The first-order chi connectivity index (χ1) is 21.3. The number of aromatic hydroxyl groups is 2. The molecule has 3 heterocycles. The van der Waals surface area contributed by atoms with Gasteiger partial charge in [-0.15, -0.1) is 0 Å². The van der Waals surface area contributed by atoms with Gasteiger partial charge in [0.05, 0.1) is 14.2 Å². The molecule has 0 fully saturated rings. The van der Waals surface area contributed by atoms with Crippen LogP contribution in [0.5, 0.6) is 46.0 Å². The second-order valence-electron chi connectivity index (χ2n) is 12.1. The van der Waals surface area contributed by atoms with Gasteiger partial charge in [-0.25, -0.2) is 0 Å². The van der Waals surface area contributed by atoms with Crippen LogP contribution in [-0.4, -0.2) is 61.4 Å². The maximum absolute atomic E-state index is 11.6. The van der Waals surface area contributed by atoms with Crippen molar-refractivity contribution in [2.75, 3.05) is 41.4 Å². The number of likely N-dealkylation sites (N-methyl/N-ethyl adjacent to an activating group) is 2. The van der Waals surface area contributed by atoms with Gasteiger partial charge < -0.3 is 29.2 Å². The molecule has 2 unspecified atom stereocenters. The maximum Gasteiger partial charge on any atom is 0.201 e. The van der Waals surface area contributed by atoms with Crippen LogP contribution in [-0.2, 0) is 25.7 Å². The van der Waals surface area contributed by atoms with Crippen molar-refractivity contribution in [3.05, 3.63) is 94.0 Å². The summed E-state index contributed by atoms with van der Waals surface area (Å²) in [6.07, 6.45) is 3.04. The lowest BCUT2D eigenvalue weighted by molar-refractivity contribution is 0.220. The predicted molar refractivity (Wildman–Crippen MR) is 168 cm³/mol. The lowest BCUT2D eigenvalue weighted by Crippen LogP contribution is -2.34. The highest BCUT2D eigenvalue weighted by atomic mass is 16.5. The van der Waals surface area contributed by atoms with Crippen molar-refractivity contribution < 1.29 is 29.2 Å². The zero-order chi connectivity index (χ0) is 30.5. The van der Waals surface area contributed by atoms with Crippen molar-refractivity contribution in [2.24, 2.45) is 0 Å². The summed E-state index contributed by atoms with van der Waals surface area (Å²) in [6.45, 7) is 1.74. The number of fused-ring (bicyclic) bond motifs is 5. The third-order valence-corrected chi connectivity index (χ3v) is 9.43. The Balaban J connectivity index is 1.47. The van der Waals surface area contributed by atoms with Crippen molar-refractivity contribution >= 4 is 0 Å². The number of hydrogen-bond acceptors (Lipinski definition) is 8. The molecule has 0 saturated heterocycles. The van der Waals surface area contributed by atoms with Gasteiger partial charge in [0.1, 0.15) is 5.75 Å². The van der Waals surface area contributed by atoms with Gasteiger partial charge >= 0.3 is 0 Å². The van der Waals surface area contributed by atoms with E-state index in [9.17, 15) is 10.2 Å². The zero-order valence-electron chi connectivity index (χ0n) is 25.6. The summed E-state index contributed by atoms with van der Waals surface area (Å²) in [7, 11) is 7.45. The van der Waals surface area contributed by atoms with Crippen molar-refractivity contribution in [3.8, 4) is 46.0 Å². The average Bonchev–Trinajstić information content (AvgIpc) is 3.02. The van der Waals surface area contributed by atoms with Gasteiger partial charge in [0.25, 0.3) is 0 Å². The smallest absolute Gasteiger partial charge is 0.201 e. The molecular formula is C36H38N2O6. The average molecular weight is 595 g/mol. The molecular weight excluding hydrogens is 556 g/mol. The molecule has 44 heavy (non-hydrogen) atoms. The Morgan fingerprint density at radius 1 is 0.727 bits per heavy atom. The van der Waals surface area contributed by atoms with Crippen LogP contribution in [0.1, 0.15) is 45.5 Å². The van der Waals surface area contributed by atoms with Crippen LogP contribution in [0.3, 0.4) is 0 Å². The second-order valence-corrected chi connectivity index (χ2v) is 12.1. The molecule has 0 saturated carbocycles. The minimum Gasteiger partial charge on any atom is -0.504 e. The van der Waals surface area contributed by atoms with Crippen LogP contribution in [0.15, 0.2) is 60.7 Å². The number of ether oxygens (including phenoxy) is 4. The number of hydrogen-bond donors (Lipinski definition) is 2. The molecule has 0 aliphatic carbocycles. The fourth-order valence-electron chi connectivity index (χ4n) is 6.98. The first-order valence-electron chi connectivity index (χ1n) is 15.1. The largest absolute Gasteiger partial charge is 0.504 e. The van der Waals surface area contributed by atoms with E-state index in [1.165, 1.54) is 5.56 Å². The fraction of sp³-hybridized carbons (Fsp3) is 0.333. The second kappa shape index (κ2) is 11.3. The minimum atomic E-state index is -0.0873. The van der Waals surface area contributed by atoms with Crippen LogP contribution < -0.4 is 18.9 Å². The lowest BCUT2D eigenvalue weighted by Gasteiger charge is -2.37. The van der Waals surface area contributed by atoms with E-state index < -0.39 is 0 Å². The Labute approximate surface area is 258 Å². The summed E-state index contributed by atoms with van der Waals surface area (Å²) in [6, 6.07) is 19.6. The van der Waals surface area contributed by atoms with Crippen LogP contribution in [0, 0.1) is 0 Å². The predicted octanol–water partition coefficient (Wildman–Crippen LogP) is 6.56. The minimum absolute atomic E-state index is 0.0264. The van der Waals surface area contributed by atoms with Gasteiger partial charge in [-0.1, -0.05) is 18.2 Å². The molecule has 8 nitrogen and oxygen atoms in total. The molecule has 4 aromatic carbocycles. The van der Waals surface area contributed by atoms with E-state index in [0.717, 1.165) is 53.7 Å². The van der Waals surface area contributed by atoms with Crippen LogP contribution in [0.4, 0.5) is 0 Å². The molecule has 2 N–H and O–H groups in total. The van der Waals surface area contributed by atoms with Crippen molar-refractivity contribution in [1.29, 1.82) is 0 Å². The molecule has 0 aromatic heterocycles. The first-order valence-corrected chi connectivity index (χ1v) is 15.1. The Kier molecular flexibility index (Phi) is 7.26. The maximum atomic E-state index is 11.6. The summed E-state index contributed by atoms with van der Waals surface area (Å²) in [4.78, 5) is 4.65. The van der Waals surface area contributed by atoms with E-state index in [4.69, 9.17) is 18.9 Å². The highest BCUT2D eigenvalue weighted by Crippen LogP contribution is 2.51. The third kappa shape index (κ3) is 4.98. The van der Waals surface area contributed by atoms with Crippen LogP contribution >= 0.6 is 0 Å². The molecule has 0 radical (unpaired) electrons. The Morgan fingerprint density at radius 2 is 1.43 bits per heavy atom. The Hall–Kier alpha value is -4.40. The van der Waals surface area contributed by atoms with Gasteiger partial charge in [-0.2, -0.15) is 0 Å².